The number of carbonyl (C=O) groups is 2. The summed E-state index contributed by atoms with van der Waals surface area (Å²) in [7, 11) is 0. The van der Waals surface area contributed by atoms with E-state index in [9.17, 15) is 9.59 Å². The van der Waals surface area contributed by atoms with E-state index < -0.39 is 5.97 Å². The monoisotopic (exact) mass is 267 g/mol. The van der Waals surface area contributed by atoms with E-state index in [2.05, 4.69) is 0 Å². The van der Waals surface area contributed by atoms with E-state index in [1.165, 1.54) is 4.90 Å². The number of nitrogens with zero attached hydrogens (tertiary/aromatic N) is 1. The Morgan fingerprint density at radius 3 is 2.47 bits per heavy atom. The zero-order valence-electron chi connectivity index (χ0n) is 11.9. The smallest absolute Gasteiger partial charge is 0.323 e. The molecule has 0 unspecified atom stereocenters. The van der Waals surface area contributed by atoms with Crippen molar-refractivity contribution >= 4 is 11.9 Å². The van der Waals surface area contributed by atoms with Crippen molar-refractivity contribution in [3.8, 4) is 0 Å². The van der Waals surface area contributed by atoms with E-state index in [4.69, 9.17) is 9.52 Å². The van der Waals surface area contributed by atoms with Crippen LogP contribution in [0.1, 0.15) is 55.0 Å². The minimum absolute atomic E-state index is 0.194. The van der Waals surface area contributed by atoms with E-state index in [1.54, 1.807) is 13.0 Å². The molecule has 1 aromatic rings. The van der Waals surface area contributed by atoms with Gasteiger partial charge in [-0.1, -0.05) is 20.8 Å². The van der Waals surface area contributed by atoms with E-state index in [0.717, 1.165) is 5.76 Å². The molecular weight excluding hydrogens is 246 g/mol. The van der Waals surface area contributed by atoms with Crippen LogP contribution in [0.15, 0.2) is 10.5 Å². The van der Waals surface area contributed by atoms with E-state index in [0.29, 0.717) is 24.3 Å². The molecule has 19 heavy (non-hydrogen) atoms. The van der Waals surface area contributed by atoms with Crippen molar-refractivity contribution < 1.29 is 19.1 Å². The first-order valence-corrected chi connectivity index (χ1v) is 6.48. The van der Waals surface area contributed by atoms with E-state index in [-0.39, 0.29) is 18.4 Å². The molecule has 0 radical (unpaired) electrons. The van der Waals surface area contributed by atoms with Gasteiger partial charge in [0.25, 0.3) is 5.91 Å². The predicted molar refractivity (Wildman–Crippen MR) is 71.4 cm³/mol. The maximum absolute atomic E-state index is 12.3. The molecule has 0 atom stereocenters. The summed E-state index contributed by atoms with van der Waals surface area (Å²) in [6, 6.07) is 1.72. The van der Waals surface area contributed by atoms with Crippen LogP contribution >= 0.6 is 0 Å². The number of aryl methyl sites for hydroxylation is 1. The number of hydrogen-bond acceptors (Lipinski definition) is 3. The normalized spacial score (nSPS) is 10.8. The van der Waals surface area contributed by atoms with Crippen molar-refractivity contribution in [1.82, 2.24) is 4.90 Å². The highest BCUT2D eigenvalue weighted by Gasteiger charge is 2.23. The molecule has 0 saturated heterocycles. The van der Waals surface area contributed by atoms with Crippen LogP contribution in [0.25, 0.3) is 0 Å². The molecule has 1 rings (SSSR count). The Morgan fingerprint density at radius 1 is 1.42 bits per heavy atom. The van der Waals surface area contributed by atoms with Gasteiger partial charge in [0.15, 0.2) is 0 Å². The lowest BCUT2D eigenvalue weighted by atomic mass is 10.1. The molecule has 5 nitrogen and oxygen atoms in total. The van der Waals surface area contributed by atoms with Gasteiger partial charge in [0.1, 0.15) is 18.1 Å². The fraction of sp³-hybridized carbons (Fsp3) is 0.571. The average molecular weight is 267 g/mol. The van der Waals surface area contributed by atoms with Crippen LogP contribution in [0.3, 0.4) is 0 Å². The molecular formula is C14H21NO4. The third kappa shape index (κ3) is 3.84. The first kappa shape index (κ1) is 15.3. The predicted octanol–water partition coefficient (Wildman–Crippen LogP) is 2.65. The molecule has 0 fully saturated rings. The number of aliphatic carboxylic acids is 1. The number of hydrogen-bond donors (Lipinski definition) is 1. The summed E-state index contributed by atoms with van der Waals surface area (Å²) in [6.45, 7) is 7.73. The van der Waals surface area contributed by atoms with Crippen molar-refractivity contribution in [2.45, 2.75) is 40.0 Å². The molecule has 5 heteroatoms. The zero-order valence-corrected chi connectivity index (χ0v) is 11.9. The highest BCUT2D eigenvalue weighted by Crippen LogP contribution is 2.23. The minimum Gasteiger partial charge on any atom is -0.480 e. The molecule has 0 aliphatic carbocycles. The Morgan fingerprint density at radius 2 is 2.05 bits per heavy atom. The molecule has 0 aromatic carbocycles. The van der Waals surface area contributed by atoms with Gasteiger partial charge < -0.3 is 14.4 Å². The number of rotatable bonds is 6. The Labute approximate surface area is 113 Å². The number of amides is 1. The molecule has 1 aromatic heterocycles. The van der Waals surface area contributed by atoms with Gasteiger partial charge in [0, 0.05) is 12.5 Å². The van der Waals surface area contributed by atoms with Crippen molar-refractivity contribution in [3.63, 3.8) is 0 Å². The maximum atomic E-state index is 12.3. The summed E-state index contributed by atoms with van der Waals surface area (Å²) in [5.41, 5.74) is 0.457. The van der Waals surface area contributed by atoms with Gasteiger partial charge in [0.05, 0.1) is 5.56 Å². The number of carbonyl (C=O) groups excluding carboxylic acids is 1. The topological polar surface area (TPSA) is 70.8 Å². The maximum Gasteiger partial charge on any atom is 0.323 e. The summed E-state index contributed by atoms with van der Waals surface area (Å²) in [4.78, 5) is 24.5. The minimum atomic E-state index is -1.01. The van der Waals surface area contributed by atoms with Crippen LogP contribution < -0.4 is 0 Å². The standard InChI is InChI=1S/C14H21NO4/c1-5-6-15(8-13(16)17)14(18)11-7-12(9(2)3)19-10(11)4/h7,9H,5-6,8H2,1-4H3,(H,16,17). The second-order valence-corrected chi connectivity index (χ2v) is 4.89. The second kappa shape index (κ2) is 6.41. The van der Waals surface area contributed by atoms with Crippen LogP contribution in [0.5, 0.6) is 0 Å². The first-order chi connectivity index (χ1) is 8.86. The Kier molecular flexibility index (Phi) is 5.15. The third-order valence-corrected chi connectivity index (χ3v) is 2.84. The summed E-state index contributed by atoms with van der Waals surface area (Å²) in [6.07, 6.45) is 0.715. The van der Waals surface area contributed by atoms with Gasteiger partial charge in [-0.2, -0.15) is 0 Å². The van der Waals surface area contributed by atoms with E-state index in [1.807, 2.05) is 20.8 Å². The quantitative estimate of drug-likeness (QED) is 0.860. The molecule has 0 bridgehead atoms. The van der Waals surface area contributed by atoms with E-state index >= 15 is 0 Å². The lowest BCUT2D eigenvalue weighted by molar-refractivity contribution is -0.137. The highest BCUT2D eigenvalue weighted by atomic mass is 16.4. The van der Waals surface area contributed by atoms with Crippen molar-refractivity contribution in [1.29, 1.82) is 0 Å². The van der Waals surface area contributed by atoms with Gasteiger partial charge in [-0.15, -0.1) is 0 Å². The Bertz CT molecular complexity index is 462. The first-order valence-electron chi connectivity index (χ1n) is 6.48. The van der Waals surface area contributed by atoms with Gasteiger partial charge in [-0.05, 0) is 19.4 Å². The Hall–Kier alpha value is -1.78. The third-order valence-electron chi connectivity index (χ3n) is 2.84. The largest absolute Gasteiger partial charge is 0.480 e. The van der Waals surface area contributed by atoms with Crippen LogP contribution in [0.4, 0.5) is 0 Å². The zero-order chi connectivity index (χ0) is 14.6. The van der Waals surface area contributed by atoms with Crippen LogP contribution in [0, 0.1) is 6.92 Å². The molecule has 0 saturated carbocycles. The van der Waals surface area contributed by atoms with Gasteiger partial charge >= 0.3 is 5.97 Å². The molecule has 1 heterocycles. The molecule has 0 spiro atoms. The average Bonchev–Trinajstić information content (AvgIpc) is 2.69. The molecule has 0 aliphatic rings. The van der Waals surface area contributed by atoms with Gasteiger partial charge in [0.2, 0.25) is 0 Å². The highest BCUT2D eigenvalue weighted by molar-refractivity contribution is 5.96. The molecule has 106 valence electrons. The summed E-state index contributed by atoms with van der Waals surface area (Å²) in [5, 5.41) is 8.85. The van der Waals surface area contributed by atoms with Crippen LogP contribution in [-0.2, 0) is 4.79 Å². The summed E-state index contributed by atoms with van der Waals surface area (Å²) >= 11 is 0. The van der Waals surface area contributed by atoms with Gasteiger partial charge in [-0.3, -0.25) is 9.59 Å². The molecule has 0 aliphatic heterocycles. The number of carboxylic acid groups (broad SMARTS) is 1. The number of carboxylic acids is 1. The second-order valence-electron chi connectivity index (χ2n) is 4.89. The van der Waals surface area contributed by atoms with Gasteiger partial charge in [-0.25, -0.2) is 0 Å². The van der Waals surface area contributed by atoms with Crippen molar-refractivity contribution in [2.75, 3.05) is 13.1 Å². The fourth-order valence-electron chi connectivity index (χ4n) is 1.86. The fourth-order valence-corrected chi connectivity index (χ4v) is 1.86. The van der Waals surface area contributed by atoms with Crippen LogP contribution in [0.2, 0.25) is 0 Å². The molecule has 1 N–H and O–H groups in total. The summed E-state index contributed by atoms with van der Waals surface area (Å²) < 4.78 is 5.54. The molecule has 1 amide bonds. The lowest BCUT2D eigenvalue weighted by Gasteiger charge is -2.19. The summed E-state index contributed by atoms with van der Waals surface area (Å²) in [5.74, 6) is 0.191. The SMILES string of the molecule is CCCN(CC(=O)O)C(=O)c1cc(C(C)C)oc1C. The Balaban J connectivity index is 2.98. The van der Waals surface area contributed by atoms with Crippen molar-refractivity contribution in [2.24, 2.45) is 0 Å². The number of furan rings is 1. The lowest BCUT2D eigenvalue weighted by Crippen LogP contribution is -2.36. The van der Waals surface area contributed by atoms with Crippen molar-refractivity contribution in [3.05, 3.63) is 23.2 Å². The van der Waals surface area contributed by atoms with Crippen LogP contribution in [-0.4, -0.2) is 35.0 Å².